The Morgan fingerprint density at radius 1 is 1.31 bits per heavy atom. The number of benzene rings is 1. The molecule has 0 spiro atoms. The van der Waals surface area contributed by atoms with E-state index in [4.69, 9.17) is 21.8 Å². The summed E-state index contributed by atoms with van der Waals surface area (Å²) in [5.41, 5.74) is 6.58. The fourth-order valence-electron chi connectivity index (χ4n) is 1.21. The van der Waals surface area contributed by atoms with E-state index in [1.165, 1.54) is 0 Å². The average Bonchev–Trinajstić information content (AvgIpc) is 2.66. The van der Waals surface area contributed by atoms with Gasteiger partial charge in [0.1, 0.15) is 5.76 Å². The van der Waals surface area contributed by atoms with Crippen LogP contribution in [0.5, 0.6) is 0 Å². The van der Waals surface area contributed by atoms with Gasteiger partial charge in [-0.2, -0.15) is 0 Å². The van der Waals surface area contributed by atoms with Crippen molar-refractivity contribution in [2.75, 3.05) is 5.73 Å². The van der Waals surface area contributed by atoms with E-state index in [0.717, 1.165) is 26.8 Å². The zero-order valence-electron chi connectivity index (χ0n) is 8.24. The van der Waals surface area contributed by atoms with Gasteiger partial charge in [-0.05, 0) is 46.3 Å². The van der Waals surface area contributed by atoms with E-state index in [1.807, 2.05) is 24.3 Å². The minimum atomic E-state index is 0.692. The van der Waals surface area contributed by atoms with E-state index in [0.29, 0.717) is 5.02 Å². The Bertz CT molecular complexity index is 500. The third-order valence-corrected chi connectivity index (χ3v) is 3.73. The van der Waals surface area contributed by atoms with Gasteiger partial charge in [0.25, 0.3) is 0 Å². The van der Waals surface area contributed by atoms with Gasteiger partial charge in [0, 0.05) is 15.6 Å². The molecule has 0 aliphatic heterocycles. The summed E-state index contributed by atoms with van der Waals surface area (Å²) in [6.07, 6.45) is 0. The minimum absolute atomic E-state index is 0.692. The van der Waals surface area contributed by atoms with Crippen molar-refractivity contribution in [1.82, 2.24) is 0 Å². The molecule has 2 rings (SSSR count). The molecule has 0 fully saturated rings. The van der Waals surface area contributed by atoms with Gasteiger partial charge < -0.3 is 10.2 Å². The molecule has 0 aliphatic carbocycles. The summed E-state index contributed by atoms with van der Waals surface area (Å²) in [4.78, 5) is 0.972. The zero-order valence-corrected chi connectivity index (χ0v) is 11.4. The van der Waals surface area contributed by atoms with Crippen molar-refractivity contribution >= 4 is 45.0 Å². The number of halogens is 2. The molecule has 0 saturated heterocycles. The van der Waals surface area contributed by atoms with Gasteiger partial charge in [-0.15, -0.1) is 11.8 Å². The maximum atomic E-state index is 5.90. The molecule has 1 aromatic carbocycles. The second-order valence-electron chi connectivity index (χ2n) is 3.18. The second kappa shape index (κ2) is 5.17. The number of nitrogen functional groups attached to an aromatic ring is 1. The number of thioether (sulfide) groups is 1. The highest BCUT2D eigenvalue weighted by Crippen LogP contribution is 2.31. The van der Waals surface area contributed by atoms with Crippen molar-refractivity contribution in [1.29, 1.82) is 0 Å². The molecule has 0 bridgehead atoms. The van der Waals surface area contributed by atoms with Crippen LogP contribution in [0.2, 0.25) is 5.02 Å². The third kappa shape index (κ3) is 2.97. The molecule has 0 unspecified atom stereocenters. The van der Waals surface area contributed by atoms with E-state index in [9.17, 15) is 0 Å². The van der Waals surface area contributed by atoms with Crippen molar-refractivity contribution in [3.8, 4) is 0 Å². The first kappa shape index (κ1) is 11.9. The summed E-state index contributed by atoms with van der Waals surface area (Å²) in [5, 5.41) is 0.692. The Labute approximate surface area is 111 Å². The minimum Gasteiger partial charge on any atom is -0.453 e. The van der Waals surface area contributed by atoms with Gasteiger partial charge in [0.2, 0.25) is 0 Å². The second-order valence-corrected chi connectivity index (χ2v) is 5.41. The lowest BCUT2D eigenvalue weighted by Crippen LogP contribution is -1.88. The summed E-state index contributed by atoms with van der Waals surface area (Å²) in [5.74, 6) is 1.63. The highest BCUT2D eigenvalue weighted by atomic mass is 79.9. The van der Waals surface area contributed by atoms with Crippen LogP contribution in [-0.4, -0.2) is 0 Å². The lowest BCUT2D eigenvalue weighted by atomic mass is 10.3. The van der Waals surface area contributed by atoms with E-state index in [-0.39, 0.29) is 0 Å². The predicted octanol–water partition coefficient (Wildman–Crippen LogP) is 4.57. The van der Waals surface area contributed by atoms with Crippen LogP contribution < -0.4 is 5.73 Å². The van der Waals surface area contributed by atoms with Crippen LogP contribution in [0.15, 0.2) is 44.3 Å². The zero-order chi connectivity index (χ0) is 11.5. The monoisotopic (exact) mass is 317 g/mol. The number of rotatable bonds is 3. The lowest BCUT2D eigenvalue weighted by Gasteiger charge is -2.04. The van der Waals surface area contributed by atoms with Crippen LogP contribution >= 0.6 is 39.3 Å². The Morgan fingerprint density at radius 2 is 2.12 bits per heavy atom. The van der Waals surface area contributed by atoms with E-state index < -0.39 is 0 Å². The first-order valence-corrected chi connectivity index (χ1v) is 6.73. The van der Waals surface area contributed by atoms with Crippen molar-refractivity contribution in [2.45, 2.75) is 10.6 Å². The Morgan fingerprint density at radius 3 is 2.81 bits per heavy atom. The molecule has 2 aromatic rings. The first-order chi connectivity index (χ1) is 7.65. The first-order valence-electron chi connectivity index (χ1n) is 4.57. The van der Waals surface area contributed by atoms with Crippen LogP contribution in [0.3, 0.4) is 0 Å². The largest absolute Gasteiger partial charge is 0.453 e. The fourth-order valence-corrected chi connectivity index (χ4v) is 2.69. The van der Waals surface area contributed by atoms with E-state index in [1.54, 1.807) is 17.8 Å². The lowest BCUT2D eigenvalue weighted by molar-refractivity contribution is 0.507. The molecule has 0 radical (unpaired) electrons. The van der Waals surface area contributed by atoms with E-state index >= 15 is 0 Å². The molecule has 2 N–H and O–H groups in total. The maximum absolute atomic E-state index is 5.90. The molecule has 16 heavy (non-hydrogen) atoms. The Balaban J connectivity index is 2.07. The average molecular weight is 319 g/mol. The number of hydrogen-bond donors (Lipinski definition) is 1. The smallest absolute Gasteiger partial charge is 0.169 e. The van der Waals surface area contributed by atoms with Crippen molar-refractivity contribution in [2.24, 2.45) is 0 Å². The van der Waals surface area contributed by atoms with Gasteiger partial charge in [0.15, 0.2) is 4.67 Å². The molecule has 1 aromatic heterocycles. The fraction of sp³-hybridized carbons (Fsp3) is 0.0909. The van der Waals surface area contributed by atoms with Gasteiger partial charge in [-0.1, -0.05) is 11.6 Å². The van der Waals surface area contributed by atoms with Crippen LogP contribution in [0, 0.1) is 0 Å². The van der Waals surface area contributed by atoms with Crippen LogP contribution in [0.4, 0.5) is 5.69 Å². The van der Waals surface area contributed by atoms with Gasteiger partial charge in [-0.25, -0.2) is 0 Å². The quantitative estimate of drug-likeness (QED) is 0.665. The SMILES string of the molecule is Nc1ccc(Cl)cc1SCc1ccc(Br)o1. The number of hydrogen-bond acceptors (Lipinski definition) is 3. The third-order valence-electron chi connectivity index (χ3n) is 1.97. The molecule has 5 heteroatoms. The summed E-state index contributed by atoms with van der Waals surface area (Å²) in [6.45, 7) is 0. The summed E-state index contributed by atoms with van der Waals surface area (Å²) < 4.78 is 6.14. The molecule has 84 valence electrons. The summed E-state index contributed by atoms with van der Waals surface area (Å²) in [6, 6.07) is 9.25. The van der Waals surface area contributed by atoms with E-state index in [2.05, 4.69) is 15.9 Å². The van der Waals surface area contributed by atoms with Gasteiger partial charge >= 0.3 is 0 Å². The highest BCUT2D eigenvalue weighted by Gasteiger charge is 2.04. The van der Waals surface area contributed by atoms with Crippen LogP contribution in [0.25, 0.3) is 0 Å². The van der Waals surface area contributed by atoms with Crippen molar-refractivity contribution < 1.29 is 4.42 Å². The number of nitrogens with two attached hydrogens (primary N) is 1. The summed E-state index contributed by atoms with van der Waals surface area (Å²) in [7, 11) is 0. The van der Waals surface area contributed by atoms with Crippen molar-refractivity contribution in [3.05, 3.63) is 45.8 Å². The number of anilines is 1. The number of furan rings is 1. The van der Waals surface area contributed by atoms with Crippen LogP contribution in [-0.2, 0) is 5.75 Å². The van der Waals surface area contributed by atoms with Gasteiger partial charge in [0.05, 0.1) is 5.75 Å². The molecule has 0 aliphatic rings. The van der Waals surface area contributed by atoms with Gasteiger partial charge in [-0.3, -0.25) is 0 Å². The molecular formula is C11H9BrClNOS. The summed E-state index contributed by atoms with van der Waals surface area (Å²) >= 11 is 10.8. The molecule has 0 saturated carbocycles. The topological polar surface area (TPSA) is 39.2 Å². The Kier molecular flexibility index (Phi) is 3.84. The predicted molar refractivity (Wildman–Crippen MR) is 71.8 cm³/mol. The molecule has 0 atom stereocenters. The molecular weight excluding hydrogens is 310 g/mol. The standard InChI is InChI=1S/C11H9BrClNOS/c12-11-4-2-8(15-11)6-16-10-5-7(13)1-3-9(10)14/h1-5H,6,14H2. The molecule has 2 nitrogen and oxygen atoms in total. The molecule has 0 amide bonds. The molecule has 1 heterocycles. The normalized spacial score (nSPS) is 10.6. The Hall–Kier alpha value is -0.580. The van der Waals surface area contributed by atoms with Crippen LogP contribution in [0.1, 0.15) is 5.76 Å². The highest BCUT2D eigenvalue weighted by molar-refractivity contribution is 9.10. The maximum Gasteiger partial charge on any atom is 0.169 e. The van der Waals surface area contributed by atoms with Crippen molar-refractivity contribution in [3.63, 3.8) is 0 Å².